The van der Waals surface area contributed by atoms with Gasteiger partial charge in [0.25, 0.3) is 5.91 Å². The molecule has 1 saturated heterocycles. The number of hydrogen-bond acceptors (Lipinski definition) is 5. The zero-order chi connectivity index (χ0) is 21.1. The molecule has 0 N–H and O–H groups in total. The van der Waals surface area contributed by atoms with Crippen molar-refractivity contribution in [2.24, 2.45) is 5.92 Å². The van der Waals surface area contributed by atoms with Gasteiger partial charge >= 0.3 is 0 Å². The molecule has 1 aliphatic rings. The maximum Gasteiger partial charge on any atom is 0.270 e. The zero-order valence-corrected chi connectivity index (χ0v) is 19.2. The van der Waals surface area contributed by atoms with Gasteiger partial charge < -0.3 is 9.47 Å². The molecule has 1 fully saturated rings. The van der Waals surface area contributed by atoms with Crippen molar-refractivity contribution in [1.82, 2.24) is 0 Å². The van der Waals surface area contributed by atoms with Gasteiger partial charge in [-0.25, -0.2) is 0 Å². The summed E-state index contributed by atoms with van der Waals surface area (Å²) in [6, 6.07) is 10.5. The molecular formula is C21H19Cl2NO3S2. The van der Waals surface area contributed by atoms with E-state index in [4.69, 9.17) is 44.9 Å². The zero-order valence-electron chi connectivity index (χ0n) is 16.1. The first-order valence-electron chi connectivity index (χ1n) is 8.84. The van der Waals surface area contributed by atoms with E-state index in [0.29, 0.717) is 49.0 Å². The van der Waals surface area contributed by atoms with E-state index in [0.717, 1.165) is 5.56 Å². The van der Waals surface area contributed by atoms with Gasteiger partial charge in [-0.05, 0) is 47.9 Å². The number of ether oxygens (including phenoxy) is 2. The third-order valence-corrected chi connectivity index (χ3v) is 5.84. The Hall–Kier alpha value is -1.73. The van der Waals surface area contributed by atoms with Crippen LogP contribution in [0, 0.1) is 5.92 Å². The van der Waals surface area contributed by atoms with Gasteiger partial charge in [-0.15, -0.1) is 0 Å². The molecular weight excluding hydrogens is 449 g/mol. The number of thiocarbonyl (C=S) groups is 1. The van der Waals surface area contributed by atoms with Gasteiger partial charge in [-0.2, -0.15) is 0 Å². The van der Waals surface area contributed by atoms with E-state index in [-0.39, 0.29) is 5.91 Å². The van der Waals surface area contributed by atoms with Gasteiger partial charge in [-0.3, -0.25) is 9.69 Å². The lowest BCUT2D eigenvalue weighted by Crippen LogP contribution is -2.27. The molecule has 0 radical (unpaired) electrons. The first-order chi connectivity index (χ1) is 13.8. The fourth-order valence-corrected chi connectivity index (χ4v) is 4.42. The van der Waals surface area contributed by atoms with Crippen LogP contribution < -0.4 is 14.4 Å². The quantitative estimate of drug-likeness (QED) is 0.360. The molecule has 8 heteroatoms. The molecule has 1 heterocycles. The van der Waals surface area contributed by atoms with Crippen LogP contribution in [0.5, 0.6) is 11.5 Å². The summed E-state index contributed by atoms with van der Waals surface area (Å²) in [6.45, 7) is 4.75. The molecule has 0 aliphatic carbocycles. The Balaban J connectivity index is 1.87. The first-order valence-corrected chi connectivity index (χ1v) is 10.8. The maximum atomic E-state index is 13.0. The third kappa shape index (κ3) is 5.07. The molecule has 0 bridgehead atoms. The van der Waals surface area contributed by atoms with E-state index in [1.165, 1.54) is 16.7 Å². The lowest BCUT2D eigenvalue weighted by molar-refractivity contribution is -0.113. The van der Waals surface area contributed by atoms with Crippen LogP contribution in [0.1, 0.15) is 19.4 Å². The number of carbonyl (C=O) groups excluding carboxylic acids is 1. The fraction of sp³-hybridized carbons (Fsp3) is 0.238. The Morgan fingerprint density at radius 1 is 1.17 bits per heavy atom. The van der Waals surface area contributed by atoms with Gasteiger partial charge in [0.05, 0.1) is 29.3 Å². The molecule has 0 atom stereocenters. The number of benzene rings is 2. The van der Waals surface area contributed by atoms with E-state index in [2.05, 4.69) is 13.8 Å². The molecule has 1 aliphatic heterocycles. The Bertz CT molecular complexity index is 992. The van der Waals surface area contributed by atoms with Gasteiger partial charge in [0.1, 0.15) is 0 Å². The number of thioether (sulfide) groups is 1. The van der Waals surface area contributed by atoms with Crippen LogP contribution in [0.2, 0.25) is 10.0 Å². The van der Waals surface area contributed by atoms with Gasteiger partial charge in [0.2, 0.25) is 0 Å². The largest absolute Gasteiger partial charge is 0.493 e. The lowest BCUT2D eigenvalue weighted by Gasteiger charge is -2.16. The van der Waals surface area contributed by atoms with Crippen molar-refractivity contribution in [1.29, 1.82) is 0 Å². The van der Waals surface area contributed by atoms with Crippen LogP contribution in [0.3, 0.4) is 0 Å². The van der Waals surface area contributed by atoms with E-state index >= 15 is 0 Å². The number of hydrogen-bond donors (Lipinski definition) is 0. The molecule has 29 heavy (non-hydrogen) atoms. The number of anilines is 1. The second-order valence-corrected chi connectivity index (χ2v) is 9.25. The van der Waals surface area contributed by atoms with Crippen molar-refractivity contribution in [2.75, 3.05) is 18.6 Å². The molecule has 152 valence electrons. The van der Waals surface area contributed by atoms with E-state index < -0.39 is 0 Å². The van der Waals surface area contributed by atoms with Gasteiger partial charge in [0, 0.05) is 5.02 Å². The minimum atomic E-state index is -0.233. The Kier molecular flexibility index (Phi) is 7.11. The van der Waals surface area contributed by atoms with Gasteiger partial charge in [-0.1, -0.05) is 67.1 Å². The summed E-state index contributed by atoms with van der Waals surface area (Å²) >= 11 is 18.8. The number of rotatable bonds is 6. The Morgan fingerprint density at radius 2 is 1.93 bits per heavy atom. The second-order valence-electron chi connectivity index (χ2n) is 6.73. The SMILES string of the molecule is COc1cc(/C=C2/SC(=S)N(c3ccc(Cl)cc3Cl)C2=O)ccc1OCC(C)C. The molecule has 4 nitrogen and oxygen atoms in total. The van der Waals surface area contributed by atoms with Crippen molar-refractivity contribution in [2.45, 2.75) is 13.8 Å². The number of carbonyl (C=O) groups is 1. The van der Waals surface area contributed by atoms with Gasteiger partial charge in [0.15, 0.2) is 15.8 Å². The highest BCUT2D eigenvalue weighted by atomic mass is 35.5. The van der Waals surface area contributed by atoms with Crippen LogP contribution in [0.4, 0.5) is 5.69 Å². The summed E-state index contributed by atoms with van der Waals surface area (Å²) in [4.78, 5) is 14.9. The maximum absolute atomic E-state index is 13.0. The van der Waals surface area contributed by atoms with Crippen LogP contribution in [0.15, 0.2) is 41.3 Å². The molecule has 2 aromatic rings. The summed E-state index contributed by atoms with van der Waals surface area (Å²) in [6.07, 6.45) is 1.78. The van der Waals surface area contributed by atoms with Crippen LogP contribution in [-0.4, -0.2) is 23.9 Å². The van der Waals surface area contributed by atoms with Crippen LogP contribution >= 0.6 is 47.2 Å². The highest BCUT2D eigenvalue weighted by Gasteiger charge is 2.34. The monoisotopic (exact) mass is 467 g/mol. The molecule has 0 saturated carbocycles. The molecule has 3 rings (SSSR count). The average molecular weight is 468 g/mol. The number of nitrogens with zero attached hydrogens (tertiary/aromatic N) is 1. The van der Waals surface area contributed by atoms with E-state index in [1.54, 1.807) is 31.4 Å². The molecule has 0 aromatic heterocycles. The predicted molar refractivity (Wildman–Crippen MR) is 125 cm³/mol. The highest BCUT2D eigenvalue weighted by molar-refractivity contribution is 8.27. The molecule has 2 aromatic carbocycles. The normalized spacial score (nSPS) is 15.5. The molecule has 1 amide bonds. The summed E-state index contributed by atoms with van der Waals surface area (Å²) < 4.78 is 11.6. The lowest BCUT2D eigenvalue weighted by atomic mass is 10.1. The Morgan fingerprint density at radius 3 is 2.59 bits per heavy atom. The summed E-state index contributed by atoms with van der Waals surface area (Å²) in [5.41, 5.74) is 1.32. The molecule has 0 spiro atoms. The first kappa shape index (κ1) is 22.0. The predicted octanol–water partition coefficient (Wildman–Crippen LogP) is 6.44. The van der Waals surface area contributed by atoms with Crippen LogP contribution in [0.25, 0.3) is 6.08 Å². The number of amides is 1. The standard InChI is InChI=1S/C21H19Cl2NO3S2/c1-12(2)11-27-17-7-4-13(8-18(17)26-3)9-19-20(25)24(21(28)29-19)16-6-5-14(22)10-15(16)23/h4-10,12H,11H2,1-3H3/b19-9+. The van der Waals surface area contributed by atoms with Crippen molar-refractivity contribution in [3.05, 3.63) is 56.9 Å². The highest BCUT2D eigenvalue weighted by Crippen LogP contribution is 2.40. The number of halogens is 2. The van der Waals surface area contributed by atoms with Crippen LogP contribution in [-0.2, 0) is 4.79 Å². The fourth-order valence-electron chi connectivity index (χ4n) is 2.64. The summed E-state index contributed by atoms with van der Waals surface area (Å²) in [5.74, 6) is 1.44. The molecule has 0 unspecified atom stereocenters. The van der Waals surface area contributed by atoms with Crippen molar-refractivity contribution < 1.29 is 14.3 Å². The van der Waals surface area contributed by atoms with Crippen molar-refractivity contribution >= 4 is 69.2 Å². The smallest absolute Gasteiger partial charge is 0.270 e. The minimum Gasteiger partial charge on any atom is -0.493 e. The van der Waals surface area contributed by atoms with Crippen molar-refractivity contribution in [3.63, 3.8) is 0 Å². The Labute approximate surface area is 189 Å². The van der Waals surface area contributed by atoms with E-state index in [9.17, 15) is 4.79 Å². The second kappa shape index (κ2) is 9.39. The summed E-state index contributed by atoms with van der Waals surface area (Å²) in [5, 5.41) is 0.856. The third-order valence-electron chi connectivity index (χ3n) is 4.00. The minimum absolute atomic E-state index is 0.233. The van der Waals surface area contributed by atoms with Crippen molar-refractivity contribution in [3.8, 4) is 11.5 Å². The van der Waals surface area contributed by atoms with E-state index in [1.807, 2.05) is 18.2 Å². The topological polar surface area (TPSA) is 38.8 Å². The average Bonchev–Trinajstić information content (AvgIpc) is 2.94. The number of methoxy groups -OCH3 is 1. The summed E-state index contributed by atoms with van der Waals surface area (Å²) in [7, 11) is 1.59.